The van der Waals surface area contributed by atoms with Crippen LogP contribution in [-0.2, 0) is 0 Å². The summed E-state index contributed by atoms with van der Waals surface area (Å²) >= 11 is 0. The van der Waals surface area contributed by atoms with Crippen LogP contribution in [0, 0.1) is 5.41 Å². The first-order valence-electron chi connectivity index (χ1n) is 5.01. The Labute approximate surface area is 78.2 Å². The van der Waals surface area contributed by atoms with Crippen molar-refractivity contribution in [1.29, 1.82) is 0 Å². The van der Waals surface area contributed by atoms with Crippen molar-refractivity contribution in [1.82, 2.24) is 4.90 Å². The van der Waals surface area contributed by atoms with Crippen LogP contribution in [0.1, 0.15) is 20.3 Å². The van der Waals surface area contributed by atoms with Crippen LogP contribution >= 0.6 is 0 Å². The van der Waals surface area contributed by atoms with Crippen molar-refractivity contribution in [2.75, 3.05) is 19.3 Å². The summed E-state index contributed by atoms with van der Waals surface area (Å²) in [6.45, 7) is 14.8. The quantitative estimate of drug-likeness (QED) is 0.598. The van der Waals surface area contributed by atoms with Gasteiger partial charge in [-0.15, -0.1) is 0 Å². The second-order valence-corrected chi connectivity index (χ2v) is 11.6. The maximum Gasteiger partial charge on any atom is 0.0599 e. The summed E-state index contributed by atoms with van der Waals surface area (Å²) < 4.78 is 0. The summed E-state index contributed by atoms with van der Waals surface area (Å²) in [4.78, 5) is 2.66. The zero-order chi connectivity index (χ0) is 9.41. The largest absolute Gasteiger partial charge is 0.306 e. The van der Waals surface area contributed by atoms with Crippen molar-refractivity contribution in [2.45, 2.75) is 39.9 Å². The smallest absolute Gasteiger partial charge is 0.0599 e. The minimum absolute atomic E-state index is 0.583. The van der Waals surface area contributed by atoms with E-state index >= 15 is 0 Å². The van der Waals surface area contributed by atoms with Gasteiger partial charge in [-0.25, -0.2) is 0 Å². The van der Waals surface area contributed by atoms with Crippen LogP contribution in [-0.4, -0.2) is 32.2 Å². The Morgan fingerprint density at radius 2 is 1.83 bits per heavy atom. The molecule has 0 radical (unpaired) electrons. The molecular formula is C10H23NSi. The SMILES string of the molecule is CC1(C)CCN(C[Si](C)(C)C)C1. The van der Waals surface area contributed by atoms with E-state index in [0.717, 1.165) is 0 Å². The van der Waals surface area contributed by atoms with Gasteiger partial charge in [0.05, 0.1) is 8.07 Å². The molecule has 0 aromatic carbocycles. The lowest BCUT2D eigenvalue weighted by Crippen LogP contribution is -2.39. The fraction of sp³-hybridized carbons (Fsp3) is 1.00. The monoisotopic (exact) mass is 185 g/mol. The Balaban J connectivity index is 2.39. The van der Waals surface area contributed by atoms with Gasteiger partial charge in [-0.3, -0.25) is 0 Å². The Morgan fingerprint density at radius 1 is 1.25 bits per heavy atom. The maximum atomic E-state index is 2.66. The van der Waals surface area contributed by atoms with E-state index in [4.69, 9.17) is 0 Å². The highest BCUT2D eigenvalue weighted by Gasteiger charge is 2.31. The zero-order valence-corrected chi connectivity index (χ0v) is 10.3. The molecular weight excluding hydrogens is 162 g/mol. The van der Waals surface area contributed by atoms with Crippen molar-refractivity contribution >= 4 is 8.07 Å². The summed E-state index contributed by atoms with van der Waals surface area (Å²) in [5.41, 5.74) is 0.583. The maximum absolute atomic E-state index is 2.66. The highest BCUT2D eigenvalue weighted by molar-refractivity contribution is 6.76. The standard InChI is InChI=1S/C10H23NSi/c1-10(2)6-7-11(8-10)9-12(3,4)5/h6-9H2,1-5H3. The van der Waals surface area contributed by atoms with Crippen molar-refractivity contribution in [3.05, 3.63) is 0 Å². The van der Waals surface area contributed by atoms with Gasteiger partial charge in [-0.1, -0.05) is 33.5 Å². The highest BCUT2D eigenvalue weighted by Crippen LogP contribution is 2.29. The lowest BCUT2D eigenvalue weighted by molar-refractivity contribution is 0.322. The molecule has 1 aliphatic rings. The third-order valence-electron chi connectivity index (χ3n) is 2.45. The number of hydrogen-bond donors (Lipinski definition) is 0. The van der Waals surface area contributed by atoms with Crippen LogP contribution in [0.25, 0.3) is 0 Å². The number of hydrogen-bond acceptors (Lipinski definition) is 1. The van der Waals surface area contributed by atoms with E-state index < -0.39 is 8.07 Å². The molecule has 0 aromatic rings. The van der Waals surface area contributed by atoms with Crippen LogP contribution in [0.3, 0.4) is 0 Å². The van der Waals surface area contributed by atoms with Gasteiger partial charge in [0.25, 0.3) is 0 Å². The van der Waals surface area contributed by atoms with Crippen LogP contribution < -0.4 is 0 Å². The van der Waals surface area contributed by atoms with E-state index in [1.807, 2.05) is 0 Å². The second kappa shape index (κ2) is 3.15. The summed E-state index contributed by atoms with van der Waals surface area (Å²) in [7, 11) is -0.859. The molecule has 1 fully saturated rings. The Hall–Kier alpha value is 0.177. The average molecular weight is 185 g/mol. The van der Waals surface area contributed by atoms with Crippen LogP contribution in [0.5, 0.6) is 0 Å². The highest BCUT2D eigenvalue weighted by atomic mass is 28.3. The molecule has 0 atom stereocenters. The topological polar surface area (TPSA) is 3.24 Å². The van der Waals surface area contributed by atoms with Gasteiger partial charge in [-0.2, -0.15) is 0 Å². The summed E-state index contributed by atoms with van der Waals surface area (Å²) in [5.74, 6) is 0. The molecule has 0 spiro atoms. The lowest BCUT2D eigenvalue weighted by atomic mass is 9.93. The van der Waals surface area contributed by atoms with Crippen LogP contribution in [0.15, 0.2) is 0 Å². The normalized spacial score (nSPS) is 24.8. The van der Waals surface area contributed by atoms with Gasteiger partial charge in [0.1, 0.15) is 0 Å². The Kier molecular flexibility index (Phi) is 2.69. The fourth-order valence-electron chi connectivity index (χ4n) is 2.03. The molecule has 1 heterocycles. The second-order valence-electron chi connectivity index (χ2n) is 6.19. The van der Waals surface area contributed by atoms with Crippen molar-refractivity contribution < 1.29 is 0 Å². The Bertz CT molecular complexity index is 158. The van der Waals surface area contributed by atoms with Gasteiger partial charge in [0, 0.05) is 6.54 Å². The first-order chi connectivity index (χ1) is 5.29. The van der Waals surface area contributed by atoms with E-state index in [2.05, 4.69) is 38.4 Å². The van der Waals surface area contributed by atoms with E-state index in [1.54, 1.807) is 0 Å². The number of nitrogens with zero attached hydrogens (tertiary/aromatic N) is 1. The molecule has 12 heavy (non-hydrogen) atoms. The number of likely N-dealkylation sites (tertiary alicyclic amines) is 1. The first kappa shape index (κ1) is 10.3. The third-order valence-corrected chi connectivity index (χ3v) is 3.85. The molecule has 0 N–H and O–H groups in total. The zero-order valence-electron chi connectivity index (χ0n) is 9.28. The third kappa shape index (κ3) is 3.28. The molecule has 0 saturated carbocycles. The van der Waals surface area contributed by atoms with Crippen molar-refractivity contribution in [3.8, 4) is 0 Å². The summed E-state index contributed by atoms with van der Waals surface area (Å²) in [5, 5.41) is 0. The van der Waals surface area contributed by atoms with Gasteiger partial charge in [-0.05, 0) is 24.5 Å². The first-order valence-corrected chi connectivity index (χ1v) is 8.72. The van der Waals surface area contributed by atoms with Crippen LogP contribution in [0.4, 0.5) is 0 Å². The van der Waals surface area contributed by atoms with E-state index in [0.29, 0.717) is 5.41 Å². The average Bonchev–Trinajstić information content (AvgIpc) is 2.05. The van der Waals surface area contributed by atoms with E-state index in [9.17, 15) is 0 Å². The molecule has 2 heteroatoms. The van der Waals surface area contributed by atoms with Crippen molar-refractivity contribution in [2.24, 2.45) is 5.41 Å². The van der Waals surface area contributed by atoms with Crippen molar-refractivity contribution in [3.63, 3.8) is 0 Å². The predicted octanol–water partition coefficient (Wildman–Crippen LogP) is 2.60. The lowest BCUT2D eigenvalue weighted by Gasteiger charge is -2.26. The van der Waals surface area contributed by atoms with Crippen LogP contribution in [0.2, 0.25) is 19.6 Å². The molecule has 1 saturated heterocycles. The number of rotatable bonds is 2. The molecule has 1 rings (SSSR count). The molecule has 0 bridgehead atoms. The van der Waals surface area contributed by atoms with E-state index in [-0.39, 0.29) is 0 Å². The fourth-order valence-corrected chi connectivity index (χ4v) is 3.64. The molecule has 0 unspecified atom stereocenters. The molecule has 1 nitrogen and oxygen atoms in total. The van der Waals surface area contributed by atoms with Gasteiger partial charge in [0.15, 0.2) is 0 Å². The minimum Gasteiger partial charge on any atom is -0.306 e. The molecule has 1 aliphatic heterocycles. The van der Waals surface area contributed by atoms with Gasteiger partial charge in [0.2, 0.25) is 0 Å². The van der Waals surface area contributed by atoms with Gasteiger partial charge < -0.3 is 4.90 Å². The minimum atomic E-state index is -0.859. The predicted molar refractivity (Wildman–Crippen MR) is 58.2 cm³/mol. The summed E-state index contributed by atoms with van der Waals surface area (Å²) in [6, 6.07) is 0. The van der Waals surface area contributed by atoms with E-state index in [1.165, 1.54) is 25.7 Å². The summed E-state index contributed by atoms with van der Waals surface area (Å²) in [6.07, 6.45) is 2.77. The Morgan fingerprint density at radius 3 is 2.17 bits per heavy atom. The molecule has 0 aromatic heterocycles. The van der Waals surface area contributed by atoms with Gasteiger partial charge >= 0.3 is 0 Å². The molecule has 72 valence electrons. The molecule has 0 amide bonds. The molecule has 0 aliphatic carbocycles.